The molecule has 0 aliphatic carbocycles. The number of carbonyl (C=O) groups is 3. The van der Waals surface area contributed by atoms with E-state index < -0.39 is 11.8 Å². The molecule has 8 heteroatoms. The number of fused-ring (bicyclic) bond motifs is 2. The number of carbonyl (C=O) groups excluding carboxylic acids is 3. The number of rotatable bonds is 5. The summed E-state index contributed by atoms with van der Waals surface area (Å²) in [7, 11) is 1.57. The number of amides is 3. The summed E-state index contributed by atoms with van der Waals surface area (Å²) in [5, 5.41) is 3.78. The fourth-order valence-corrected chi connectivity index (χ4v) is 4.14. The molecule has 1 aliphatic heterocycles. The predicted octanol–water partition coefficient (Wildman–Crippen LogP) is 5.08. The minimum atomic E-state index is -0.433. The van der Waals surface area contributed by atoms with Gasteiger partial charge in [-0.3, -0.25) is 14.4 Å². The van der Waals surface area contributed by atoms with Crippen LogP contribution in [-0.4, -0.2) is 24.8 Å². The van der Waals surface area contributed by atoms with Crippen LogP contribution < -0.4 is 15.0 Å². The van der Waals surface area contributed by atoms with Crippen LogP contribution in [-0.2, 0) is 11.2 Å². The Hall–Kier alpha value is -4.10. The number of methoxy groups -OCH3 is 1. The molecule has 0 bridgehead atoms. The van der Waals surface area contributed by atoms with Crippen LogP contribution in [0.1, 0.15) is 26.3 Å². The summed E-state index contributed by atoms with van der Waals surface area (Å²) in [6.07, 6.45) is 1.64. The highest BCUT2D eigenvalue weighted by atomic mass is 35.5. The van der Waals surface area contributed by atoms with Crippen molar-refractivity contribution in [3.05, 3.63) is 88.6 Å². The number of nitrogens with one attached hydrogen (secondary N) is 1. The van der Waals surface area contributed by atoms with Gasteiger partial charge in [0.25, 0.3) is 11.8 Å². The molecule has 2 heterocycles. The van der Waals surface area contributed by atoms with Crippen LogP contribution in [0, 0.1) is 0 Å². The Morgan fingerprint density at radius 3 is 2.42 bits per heavy atom. The van der Waals surface area contributed by atoms with Crippen molar-refractivity contribution in [2.24, 2.45) is 0 Å². The van der Waals surface area contributed by atoms with Crippen LogP contribution in [0.2, 0.25) is 5.02 Å². The highest BCUT2D eigenvalue weighted by molar-refractivity contribution is 6.40. The zero-order valence-corrected chi connectivity index (χ0v) is 18.2. The molecule has 0 atom stereocenters. The fourth-order valence-electron chi connectivity index (χ4n) is 3.88. The van der Waals surface area contributed by atoms with Gasteiger partial charge in [0.2, 0.25) is 5.91 Å². The van der Waals surface area contributed by atoms with E-state index in [1.165, 1.54) is 6.07 Å². The van der Waals surface area contributed by atoms with Crippen molar-refractivity contribution in [2.75, 3.05) is 17.3 Å². The molecule has 7 nitrogen and oxygen atoms in total. The Bertz CT molecular complexity index is 1410. The molecule has 0 fully saturated rings. The molecule has 164 valence electrons. The first-order chi connectivity index (χ1) is 16.0. The maximum atomic E-state index is 12.7. The van der Waals surface area contributed by atoms with Crippen molar-refractivity contribution in [3.63, 3.8) is 0 Å². The molecule has 5 rings (SSSR count). The second kappa shape index (κ2) is 8.11. The van der Waals surface area contributed by atoms with Crippen LogP contribution in [0.4, 0.5) is 11.4 Å². The van der Waals surface area contributed by atoms with E-state index >= 15 is 0 Å². The van der Waals surface area contributed by atoms with E-state index in [1.807, 2.05) is 6.07 Å². The van der Waals surface area contributed by atoms with Crippen molar-refractivity contribution >= 4 is 51.7 Å². The second-order valence-electron chi connectivity index (χ2n) is 7.51. The summed E-state index contributed by atoms with van der Waals surface area (Å²) in [5.74, 6) is -0.464. The molecule has 3 aromatic carbocycles. The van der Waals surface area contributed by atoms with Crippen molar-refractivity contribution in [2.45, 2.75) is 6.42 Å². The third kappa shape index (κ3) is 3.62. The SMILES string of the molecule is COc1ccc2c(CC(=O)Nc3ccc(N4C(=O)c5ccccc5C4=O)c(Cl)c3)coc2c1. The van der Waals surface area contributed by atoms with Gasteiger partial charge in [-0.2, -0.15) is 0 Å². The molecule has 0 saturated heterocycles. The molecule has 0 radical (unpaired) electrons. The van der Waals surface area contributed by atoms with Crippen LogP contribution in [0.5, 0.6) is 5.75 Å². The molecule has 0 saturated carbocycles. The van der Waals surface area contributed by atoms with Crippen LogP contribution in [0.3, 0.4) is 0 Å². The first-order valence-electron chi connectivity index (χ1n) is 10.1. The number of hydrogen-bond donors (Lipinski definition) is 1. The van der Waals surface area contributed by atoms with Gasteiger partial charge in [-0.15, -0.1) is 0 Å². The monoisotopic (exact) mass is 460 g/mol. The Morgan fingerprint density at radius 1 is 1.03 bits per heavy atom. The third-order valence-corrected chi connectivity index (χ3v) is 5.78. The van der Waals surface area contributed by atoms with E-state index in [0.717, 1.165) is 15.8 Å². The first kappa shape index (κ1) is 20.8. The van der Waals surface area contributed by atoms with Gasteiger partial charge in [0.05, 0.1) is 41.6 Å². The number of nitrogens with zero attached hydrogens (tertiary/aromatic N) is 1. The van der Waals surface area contributed by atoms with Gasteiger partial charge in [-0.1, -0.05) is 23.7 Å². The van der Waals surface area contributed by atoms with Gasteiger partial charge < -0.3 is 14.5 Å². The number of anilines is 2. The number of furan rings is 1. The van der Waals surface area contributed by atoms with E-state index in [4.69, 9.17) is 20.8 Å². The van der Waals surface area contributed by atoms with Gasteiger partial charge in [0, 0.05) is 22.7 Å². The molecule has 1 N–H and O–H groups in total. The second-order valence-corrected chi connectivity index (χ2v) is 7.91. The topological polar surface area (TPSA) is 88.9 Å². The average Bonchev–Trinajstić information content (AvgIpc) is 3.32. The van der Waals surface area contributed by atoms with Gasteiger partial charge in [-0.05, 0) is 42.5 Å². The normalized spacial score (nSPS) is 12.8. The van der Waals surface area contributed by atoms with Crippen LogP contribution in [0.25, 0.3) is 11.0 Å². The maximum Gasteiger partial charge on any atom is 0.266 e. The van der Waals surface area contributed by atoms with E-state index in [0.29, 0.717) is 28.1 Å². The molecule has 1 aromatic heterocycles. The van der Waals surface area contributed by atoms with Gasteiger partial charge >= 0.3 is 0 Å². The van der Waals surface area contributed by atoms with E-state index in [1.54, 1.807) is 61.9 Å². The van der Waals surface area contributed by atoms with Crippen molar-refractivity contribution in [3.8, 4) is 5.75 Å². The standard InChI is InChI=1S/C25H17ClN2O5/c1-32-16-7-8-17-14(13-33-22(17)12-16)10-23(29)27-15-6-9-21(20(26)11-15)28-24(30)18-4-2-3-5-19(18)25(28)31/h2-9,11-13H,10H2,1H3,(H,27,29). The smallest absolute Gasteiger partial charge is 0.266 e. The molecule has 0 unspecified atom stereocenters. The van der Waals surface area contributed by atoms with E-state index in [9.17, 15) is 14.4 Å². The number of benzene rings is 3. The number of hydrogen-bond acceptors (Lipinski definition) is 5. The molecule has 33 heavy (non-hydrogen) atoms. The molecule has 4 aromatic rings. The van der Waals surface area contributed by atoms with E-state index in [2.05, 4.69) is 5.32 Å². The Kier molecular flexibility index (Phi) is 5.11. The average molecular weight is 461 g/mol. The lowest BCUT2D eigenvalue weighted by Gasteiger charge is -2.16. The number of ether oxygens (including phenoxy) is 1. The Labute approximate surface area is 193 Å². The lowest BCUT2D eigenvalue weighted by molar-refractivity contribution is -0.115. The van der Waals surface area contributed by atoms with Crippen LogP contribution in [0.15, 0.2) is 71.3 Å². The maximum absolute atomic E-state index is 12.7. The summed E-state index contributed by atoms with van der Waals surface area (Å²) in [4.78, 5) is 39.1. The number of halogens is 1. The van der Waals surface area contributed by atoms with Crippen molar-refractivity contribution < 1.29 is 23.5 Å². The minimum Gasteiger partial charge on any atom is -0.497 e. The zero-order valence-electron chi connectivity index (χ0n) is 17.4. The molecule has 0 spiro atoms. The number of imide groups is 1. The van der Waals surface area contributed by atoms with Crippen molar-refractivity contribution in [1.82, 2.24) is 0 Å². The first-order valence-corrected chi connectivity index (χ1v) is 10.5. The molecular weight excluding hydrogens is 444 g/mol. The van der Waals surface area contributed by atoms with Gasteiger partial charge in [-0.25, -0.2) is 4.90 Å². The molecule has 1 aliphatic rings. The predicted molar refractivity (Wildman–Crippen MR) is 124 cm³/mol. The summed E-state index contributed by atoms with van der Waals surface area (Å²) in [6, 6.07) is 16.7. The van der Waals surface area contributed by atoms with Gasteiger partial charge in [0.15, 0.2) is 0 Å². The summed E-state index contributed by atoms with van der Waals surface area (Å²) in [5.41, 5.74) is 2.74. The quantitative estimate of drug-likeness (QED) is 0.420. The molecular formula is C25H17ClN2O5. The highest BCUT2D eigenvalue weighted by Gasteiger charge is 2.37. The largest absolute Gasteiger partial charge is 0.497 e. The molecule has 3 amide bonds. The lowest BCUT2D eigenvalue weighted by atomic mass is 10.1. The fraction of sp³-hybridized carbons (Fsp3) is 0.0800. The summed E-state index contributed by atoms with van der Waals surface area (Å²) < 4.78 is 10.7. The summed E-state index contributed by atoms with van der Waals surface area (Å²) in [6.45, 7) is 0. The van der Waals surface area contributed by atoms with Crippen LogP contribution >= 0.6 is 11.6 Å². The third-order valence-electron chi connectivity index (χ3n) is 5.48. The van der Waals surface area contributed by atoms with E-state index in [-0.39, 0.29) is 23.0 Å². The Balaban J connectivity index is 1.33. The minimum absolute atomic E-state index is 0.0944. The highest BCUT2D eigenvalue weighted by Crippen LogP contribution is 2.35. The zero-order chi connectivity index (χ0) is 23.1. The van der Waals surface area contributed by atoms with Crippen molar-refractivity contribution in [1.29, 1.82) is 0 Å². The van der Waals surface area contributed by atoms with Gasteiger partial charge in [0.1, 0.15) is 11.3 Å². The lowest BCUT2D eigenvalue weighted by Crippen LogP contribution is -2.29. The summed E-state index contributed by atoms with van der Waals surface area (Å²) >= 11 is 6.39. The Morgan fingerprint density at radius 2 is 1.76 bits per heavy atom.